The van der Waals surface area contributed by atoms with Crippen LogP contribution in [0.1, 0.15) is 12.1 Å². The third-order valence-corrected chi connectivity index (χ3v) is 3.53. The van der Waals surface area contributed by atoms with Crippen molar-refractivity contribution in [2.45, 2.75) is 11.7 Å². The predicted molar refractivity (Wildman–Crippen MR) is 72.2 cm³/mol. The number of carboxylic acid groups (broad SMARTS) is 1. The van der Waals surface area contributed by atoms with Crippen molar-refractivity contribution in [3.63, 3.8) is 0 Å². The summed E-state index contributed by atoms with van der Waals surface area (Å²) in [6.45, 7) is 0. The van der Waals surface area contributed by atoms with Crippen molar-refractivity contribution in [2.24, 2.45) is 17.3 Å². The van der Waals surface area contributed by atoms with E-state index in [9.17, 15) is 9.59 Å². The number of hydrogen-bond acceptors (Lipinski definition) is 5. The van der Waals surface area contributed by atoms with Crippen molar-refractivity contribution in [2.75, 3.05) is 0 Å². The van der Waals surface area contributed by atoms with Crippen LogP contribution in [0.25, 0.3) is 0 Å². The van der Waals surface area contributed by atoms with Crippen LogP contribution >= 0.6 is 11.8 Å². The van der Waals surface area contributed by atoms with E-state index in [-0.39, 0.29) is 12.3 Å². The van der Waals surface area contributed by atoms with Crippen molar-refractivity contribution in [3.05, 3.63) is 24.0 Å². The maximum absolute atomic E-state index is 11.4. The SMILES string of the molecule is Cn1cccc1C=N/N=C1/NC(=O)[C@H](CC(=O)O)S1. The zero-order valence-corrected chi connectivity index (χ0v) is 10.9. The van der Waals surface area contributed by atoms with Crippen molar-refractivity contribution in [3.8, 4) is 0 Å². The molecule has 1 amide bonds. The molecule has 1 aromatic heterocycles. The Kier molecular flexibility index (Phi) is 4.00. The highest BCUT2D eigenvalue weighted by molar-refractivity contribution is 8.15. The molecule has 2 N–H and O–H groups in total. The molecular formula is C11H12N4O3S. The average molecular weight is 280 g/mol. The fraction of sp³-hybridized carbons (Fsp3) is 0.273. The normalized spacial score (nSPS) is 21.2. The fourth-order valence-corrected chi connectivity index (χ4v) is 2.41. The highest BCUT2D eigenvalue weighted by Gasteiger charge is 2.32. The van der Waals surface area contributed by atoms with E-state index in [2.05, 4.69) is 15.5 Å². The van der Waals surface area contributed by atoms with E-state index in [0.29, 0.717) is 5.17 Å². The number of carbonyl (C=O) groups is 2. The second kappa shape index (κ2) is 5.70. The van der Waals surface area contributed by atoms with Crippen LogP contribution in [0.2, 0.25) is 0 Å². The van der Waals surface area contributed by atoms with Gasteiger partial charge in [-0.3, -0.25) is 9.59 Å². The van der Waals surface area contributed by atoms with E-state index >= 15 is 0 Å². The molecule has 100 valence electrons. The van der Waals surface area contributed by atoms with Gasteiger partial charge in [0.25, 0.3) is 0 Å². The van der Waals surface area contributed by atoms with Gasteiger partial charge in [0.1, 0.15) is 5.25 Å². The van der Waals surface area contributed by atoms with Crippen LogP contribution in [-0.4, -0.2) is 38.2 Å². The third-order valence-electron chi connectivity index (χ3n) is 2.46. The first-order chi connectivity index (χ1) is 9.06. The van der Waals surface area contributed by atoms with Gasteiger partial charge in [0.15, 0.2) is 5.17 Å². The minimum absolute atomic E-state index is 0.225. The molecule has 1 atom stereocenters. The minimum Gasteiger partial charge on any atom is -0.481 e. The van der Waals surface area contributed by atoms with Gasteiger partial charge in [-0.25, -0.2) is 0 Å². The number of rotatable bonds is 4. The summed E-state index contributed by atoms with van der Waals surface area (Å²) < 4.78 is 1.87. The van der Waals surface area contributed by atoms with Crippen LogP contribution < -0.4 is 5.32 Å². The van der Waals surface area contributed by atoms with E-state index in [4.69, 9.17) is 5.11 Å². The largest absolute Gasteiger partial charge is 0.481 e. The molecular weight excluding hydrogens is 268 g/mol. The molecule has 7 nitrogen and oxygen atoms in total. The van der Waals surface area contributed by atoms with Gasteiger partial charge in [0.2, 0.25) is 5.91 Å². The topological polar surface area (TPSA) is 96.0 Å². The molecule has 0 radical (unpaired) electrons. The van der Waals surface area contributed by atoms with E-state index < -0.39 is 11.2 Å². The van der Waals surface area contributed by atoms with Crippen molar-refractivity contribution < 1.29 is 14.7 Å². The summed E-state index contributed by atoms with van der Waals surface area (Å²) in [6, 6.07) is 3.75. The van der Waals surface area contributed by atoms with Gasteiger partial charge in [-0.2, -0.15) is 5.10 Å². The summed E-state index contributed by atoms with van der Waals surface area (Å²) in [5.74, 6) is -1.36. The number of aryl methyl sites for hydroxylation is 1. The van der Waals surface area contributed by atoms with Gasteiger partial charge in [-0.1, -0.05) is 11.8 Å². The Hall–Kier alpha value is -2.09. The van der Waals surface area contributed by atoms with Crippen LogP contribution in [0, 0.1) is 0 Å². The maximum Gasteiger partial charge on any atom is 0.305 e. The lowest BCUT2D eigenvalue weighted by atomic mass is 10.3. The second-order valence-corrected chi connectivity index (χ2v) is 5.08. The number of amides is 1. The molecule has 2 rings (SSSR count). The van der Waals surface area contributed by atoms with Crippen LogP contribution in [-0.2, 0) is 16.6 Å². The smallest absolute Gasteiger partial charge is 0.305 e. The van der Waals surface area contributed by atoms with Gasteiger partial charge in [0, 0.05) is 13.2 Å². The molecule has 2 heterocycles. The van der Waals surface area contributed by atoms with Crippen LogP contribution in [0.3, 0.4) is 0 Å². The molecule has 1 aliphatic heterocycles. The Morgan fingerprint density at radius 2 is 2.47 bits per heavy atom. The van der Waals surface area contributed by atoms with Gasteiger partial charge in [-0.05, 0) is 12.1 Å². The zero-order valence-electron chi connectivity index (χ0n) is 10.1. The molecule has 0 unspecified atom stereocenters. The number of aromatic nitrogens is 1. The van der Waals surface area contributed by atoms with Crippen molar-refractivity contribution in [1.82, 2.24) is 9.88 Å². The van der Waals surface area contributed by atoms with Gasteiger partial charge < -0.3 is 15.0 Å². The average Bonchev–Trinajstić information content (AvgIpc) is 2.87. The number of thioether (sulfide) groups is 1. The zero-order chi connectivity index (χ0) is 13.8. The van der Waals surface area contributed by atoms with Crippen molar-refractivity contribution >= 4 is 35.0 Å². The van der Waals surface area contributed by atoms with Gasteiger partial charge in [-0.15, -0.1) is 5.10 Å². The molecule has 0 spiro atoms. The molecule has 0 aliphatic carbocycles. The number of carboxylic acids is 1. The second-order valence-electron chi connectivity index (χ2n) is 3.89. The molecule has 1 aromatic rings. The number of hydrogen-bond donors (Lipinski definition) is 2. The van der Waals surface area contributed by atoms with E-state index in [0.717, 1.165) is 17.5 Å². The molecule has 0 saturated carbocycles. The molecule has 19 heavy (non-hydrogen) atoms. The van der Waals surface area contributed by atoms with Crippen LogP contribution in [0.15, 0.2) is 28.5 Å². The molecule has 0 aromatic carbocycles. The number of amidine groups is 1. The lowest BCUT2D eigenvalue weighted by Gasteiger charge is -1.97. The minimum atomic E-state index is -1.01. The third kappa shape index (κ3) is 3.44. The lowest BCUT2D eigenvalue weighted by Crippen LogP contribution is -2.26. The van der Waals surface area contributed by atoms with Crippen LogP contribution in [0.5, 0.6) is 0 Å². The Morgan fingerprint density at radius 1 is 1.68 bits per heavy atom. The molecule has 8 heteroatoms. The number of aliphatic carboxylic acids is 1. The quantitative estimate of drug-likeness (QED) is 0.617. The number of nitrogens with one attached hydrogen (secondary N) is 1. The fourth-order valence-electron chi connectivity index (χ4n) is 1.49. The highest BCUT2D eigenvalue weighted by Crippen LogP contribution is 2.22. The van der Waals surface area contributed by atoms with E-state index in [1.54, 1.807) is 6.21 Å². The van der Waals surface area contributed by atoms with Crippen LogP contribution in [0.4, 0.5) is 0 Å². The first-order valence-corrected chi connectivity index (χ1v) is 6.36. The summed E-state index contributed by atoms with van der Waals surface area (Å²) in [4.78, 5) is 22.0. The van der Waals surface area contributed by atoms with E-state index in [1.807, 2.05) is 29.9 Å². The first-order valence-electron chi connectivity index (χ1n) is 5.48. The lowest BCUT2D eigenvalue weighted by molar-refractivity contribution is -0.138. The number of nitrogens with zero attached hydrogens (tertiary/aromatic N) is 3. The summed E-state index contributed by atoms with van der Waals surface area (Å²) in [5, 5.41) is 18.5. The first kappa shape index (κ1) is 13.3. The van der Waals surface area contributed by atoms with E-state index in [1.165, 1.54) is 0 Å². The molecule has 1 saturated heterocycles. The Morgan fingerprint density at radius 3 is 3.11 bits per heavy atom. The highest BCUT2D eigenvalue weighted by atomic mass is 32.2. The predicted octanol–water partition coefficient (Wildman–Crippen LogP) is 0.421. The maximum atomic E-state index is 11.4. The monoisotopic (exact) mass is 280 g/mol. The summed E-state index contributed by atoms with van der Waals surface area (Å²) in [7, 11) is 1.88. The molecule has 1 fully saturated rings. The summed E-state index contributed by atoms with van der Waals surface area (Å²) in [6.07, 6.45) is 3.21. The Balaban J connectivity index is 1.98. The van der Waals surface area contributed by atoms with Gasteiger partial charge in [0.05, 0.1) is 18.3 Å². The molecule has 0 bridgehead atoms. The Bertz CT molecular complexity index is 564. The summed E-state index contributed by atoms with van der Waals surface area (Å²) in [5.41, 5.74) is 0.876. The molecule has 1 aliphatic rings. The Labute approximate surface area is 113 Å². The number of carbonyl (C=O) groups excluding carboxylic acids is 1. The van der Waals surface area contributed by atoms with Gasteiger partial charge >= 0.3 is 5.97 Å². The van der Waals surface area contributed by atoms with Crippen molar-refractivity contribution in [1.29, 1.82) is 0 Å². The summed E-state index contributed by atoms with van der Waals surface area (Å²) >= 11 is 1.08. The standard InChI is InChI=1S/C11H12N4O3S/c1-15-4-2-3-7(15)6-12-14-11-13-10(18)8(19-11)5-9(16)17/h2-4,6,8H,5H2,1H3,(H,16,17)(H,13,14,18)/t8-/m0/s1.